The maximum atomic E-state index is 12.9. The quantitative estimate of drug-likeness (QED) is 0.767. The van der Waals surface area contributed by atoms with Crippen LogP contribution in [0.5, 0.6) is 0 Å². The van der Waals surface area contributed by atoms with Gasteiger partial charge in [-0.3, -0.25) is 4.79 Å². The highest BCUT2D eigenvalue weighted by atomic mass is 35.5. The molecule has 2 aliphatic rings. The second kappa shape index (κ2) is 8.06. The molecule has 0 aromatic heterocycles. The molecule has 2 fully saturated rings. The van der Waals surface area contributed by atoms with Gasteiger partial charge < -0.3 is 21.3 Å². The lowest BCUT2D eigenvalue weighted by atomic mass is 9.98. The van der Waals surface area contributed by atoms with Gasteiger partial charge in [0.05, 0.1) is 11.3 Å². The van der Waals surface area contributed by atoms with E-state index in [9.17, 15) is 9.59 Å². The molecule has 3 unspecified atom stereocenters. The Morgan fingerprint density at radius 3 is 2.60 bits per heavy atom. The first kappa shape index (κ1) is 19.5. The Morgan fingerprint density at radius 1 is 1.20 bits per heavy atom. The van der Waals surface area contributed by atoms with Crippen molar-refractivity contribution in [2.24, 2.45) is 17.6 Å². The standard InChI is InChI=1S/C18H26N4O2.ClH/c1-11(2)20-18(24)21-16-6-4-3-5-13(16)17(23)22-9-12-7-8-15(19)14(12)10-22;/h3-6,11-12,14-15H,7-10,19H2,1-2H3,(H2,20,21,24);1H. The summed E-state index contributed by atoms with van der Waals surface area (Å²) in [6, 6.07) is 7.10. The number of hydrogen-bond acceptors (Lipinski definition) is 3. The number of carbonyl (C=O) groups excluding carboxylic acids is 2. The third-order valence-corrected chi connectivity index (χ3v) is 5.02. The Bertz CT molecular complexity index is 637. The Morgan fingerprint density at radius 2 is 1.92 bits per heavy atom. The maximum absolute atomic E-state index is 12.9. The Balaban J connectivity index is 0.00000225. The summed E-state index contributed by atoms with van der Waals surface area (Å²) in [5.41, 5.74) is 7.24. The van der Waals surface area contributed by atoms with Crippen LogP contribution in [0.3, 0.4) is 0 Å². The van der Waals surface area contributed by atoms with Crippen LogP contribution < -0.4 is 16.4 Å². The molecule has 3 atom stereocenters. The monoisotopic (exact) mass is 366 g/mol. The van der Waals surface area contributed by atoms with Crippen LogP contribution in [0.4, 0.5) is 10.5 Å². The van der Waals surface area contributed by atoms with E-state index >= 15 is 0 Å². The Kier molecular flexibility index (Phi) is 6.30. The van der Waals surface area contributed by atoms with Gasteiger partial charge in [0, 0.05) is 25.2 Å². The minimum Gasteiger partial charge on any atom is -0.338 e. The number of anilines is 1. The van der Waals surface area contributed by atoms with Crippen LogP contribution in [0.1, 0.15) is 37.0 Å². The number of para-hydroxylation sites is 1. The molecule has 1 heterocycles. The molecule has 1 aliphatic heterocycles. The van der Waals surface area contributed by atoms with Crippen molar-refractivity contribution < 1.29 is 9.59 Å². The predicted molar refractivity (Wildman–Crippen MR) is 101 cm³/mol. The van der Waals surface area contributed by atoms with E-state index in [2.05, 4.69) is 10.6 Å². The summed E-state index contributed by atoms with van der Waals surface area (Å²) in [7, 11) is 0. The average molecular weight is 367 g/mol. The number of amides is 3. The van der Waals surface area contributed by atoms with Crippen molar-refractivity contribution >= 4 is 30.0 Å². The third kappa shape index (κ3) is 4.25. The van der Waals surface area contributed by atoms with E-state index in [4.69, 9.17) is 5.73 Å². The first-order valence-electron chi connectivity index (χ1n) is 8.67. The van der Waals surface area contributed by atoms with Gasteiger partial charge in [-0.1, -0.05) is 12.1 Å². The molecule has 0 radical (unpaired) electrons. The zero-order valence-corrected chi connectivity index (χ0v) is 15.5. The highest BCUT2D eigenvalue weighted by molar-refractivity contribution is 6.03. The number of nitrogens with one attached hydrogen (secondary N) is 2. The molecule has 1 aromatic rings. The SMILES string of the molecule is CC(C)NC(=O)Nc1ccccc1C(=O)N1CC2CCC(N)C2C1.Cl. The van der Waals surface area contributed by atoms with Crippen molar-refractivity contribution in [1.29, 1.82) is 0 Å². The minimum atomic E-state index is -0.300. The second-order valence-corrected chi connectivity index (χ2v) is 7.17. The van der Waals surface area contributed by atoms with Gasteiger partial charge in [0.1, 0.15) is 0 Å². The van der Waals surface area contributed by atoms with Crippen LogP contribution in [0.2, 0.25) is 0 Å². The Labute approximate surface area is 154 Å². The molecular formula is C18H27ClN4O2. The summed E-state index contributed by atoms with van der Waals surface area (Å²) < 4.78 is 0. The third-order valence-electron chi connectivity index (χ3n) is 5.02. The molecule has 1 saturated heterocycles. The summed E-state index contributed by atoms with van der Waals surface area (Å²) in [6.45, 7) is 5.27. The number of urea groups is 1. The van der Waals surface area contributed by atoms with Crippen LogP contribution in [0.25, 0.3) is 0 Å². The number of nitrogens with two attached hydrogens (primary N) is 1. The number of likely N-dealkylation sites (tertiary alicyclic amines) is 1. The van der Waals surface area contributed by atoms with Gasteiger partial charge in [0.25, 0.3) is 5.91 Å². The smallest absolute Gasteiger partial charge is 0.319 e. The second-order valence-electron chi connectivity index (χ2n) is 7.17. The van der Waals surface area contributed by atoms with Crippen molar-refractivity contribution in [1.82, 2.24) is 10.2 Å². The Hall–Kier alpha value is -1.79. The van der Waals surface area contributed by atoms with Gasteiger partial charge in [0.2, 0.25) is 0 Å². The van der Waals surface area contributed by atoms with E-state index in [1.807, 2.05) is 30.9 Å². The fourth-order valence-electron chi connectivity index (χ4n) is 3.84. The van der Waals surface area contributed by atoms with Crippen LogP contribution in [-0.2, 0) is 0 Å². The van der Waals surface area contributed by atoms with Gasteiger partial charge in [-0.05, 0) is 50.7 Å². The highest BCUT2D eigenvalue weighted by Crippen LogP contribution is 2.38. The fourth-order valence-corrected chi connectivity index (χ4v) is 3.84. The molecule has 4 N–H and O–H groups in total. The van der Waals surface area contributed by atoms with Crippen LogP contribution in [0, 0.1) is 11.8 Å². The molecule has 3 rings (SSSR count). The average Bonchev–Trinajstić information content (AvgIpc) is 3.09. The molecule has 138 valence electrons. The first-order valence-corrected chi connectivity index (χ1v) is 8.67. The van der Waals surface area contributed by atoms with Gasteiger partial charge >= 0.3 is 6.03 Å². The summed E-state index contributed by atoms with van der Waals surface area (Å²) in [6.07, 6.45) is 2.16. The van der Waals surface area contributed by atoms with Crippen molar-refractivity contribution in [3.8, 4) is 0 Å². The number of hydrogen-bond donors (Lipinski definition) is 3. The molecule has 25 heavy (non-hydrogen) atoms. The number of rotatable bonds is 3. The van der Waals surface area contributed by atoms with Crippen LogP contribution in [0.15, 0.2) is 24.3 Å². The van der Waals surface area contributed by atoms with Crippen LogP contribution >= 0.6 is 12.4 Å². The fraction of sp³-hybridized carbons (Fsp3) is 0.556. The van der Waals surface area contributed by atoms with Gasteiger partial charge in [-0.25, -0.2) is 4.79 Å². The van der Waals surface area contributed by atoms with Crippen molar-refractivity contribution in [3.05, 3.63) is 29.8 Å². The summed E-state index contributed by atoms with van der Waals surface area (Å²) in [5, 5.41) is 5.56. The predicted octanol–water partition coefficient (Wildman–Crippen LogP) is 2.45. The molecule has 1 aromatic carbocycles. The van der Waals surface area contributed by atoms with E-state index < -0.39 is 0 Å². The largest absolute Gasteiger partial charge is 0.338 e. The van der Waals surface area contributed by atoms with Gasteiger partial charge in [-0.2, -0.15) is 0 Å². The van der Waals surface area contributed by atoms with Crippen molar-refractivity contribution in [3.63, 3.8) is 0 Å². The molecule has 6 nitrogen and oxygen atoms in total. The van der Waals surface area contributed by atoms with E-state index in [1.54, 1.807) is 12.1 Å². The summed E-state index contributed by atoms with van der Waals surface area (Å²) >= 11 is 0. The minimum absolute atomic E-state index is 0. The number of benzene rings is 1. The first-order chi connectivity index (χ1) is 11.5. The number of carbonyl (C=O) groups is 2. The molecule has 7 heteroatoms. The summed E-state index contributed by atoms with van der Waals surface area (Å²) in [4.78, 5) is 26.8. The maximum Gasteiger partial charge on any atom is 0.319 e. The molecule has 1 saturated carbocycles. The molecule has 1 aliphatic carbocycles. The summed E-state index contributed by atoms with van der Waals surface area (Å²) in [5.74, 6) is 0.906. The molecule has 0 bridgehead atoms. The van der Waals surface area contributed by atoms with E-state index in [1.165, 1.54) is 0 Å². The van der Waals surface area contributed by atoms with Gasteiger partial charge in [0.15, 0.2) is 0 Å². The van der Waals surface area contributed by atoms with Crippen LogP contribution in [-0.4, -0.2) is 42.0 Å². The highest BCUT2D eigenvalue weighted by Gasteiger charge is 2.42. The van der Waals surface area contributed by atoms with E-state index in [0.29, 0.717) is 23.1 Å². The normalized spacial score (nSPS) is 24.6. The van der Waals surface area contributed by atoms with E-state index in [-0.39, 0.29) is 36.4 Å². The lowest BCUT2D eigenvalue weighted by Gasteiger charge is -2.21. The number of fused-ring (bicyclic) bond motifs is 1. The number of nitrogens with zero attached hydrogens (tertiary/aromatic N) is 1. The lowest BCUT2D eigenvalue weighted by Crippen LogP contribution is -2.36. The zero-order chi connectivity index (χ0) is 17.3. The molecular weight excluding hydrogens is 340 g/mol. The van der Waals surface area contributed by atoms with E-state index in [0.717, 1.165) is 25.9 Å². The lowest BCUT2D eigenvalue weighted by molar-refractivity contribution is 0.0780. The van der Waals surface area contributed by atoms with Crippen molar-refractivity contribution in [2.45, 2.75) is 38.8 Å². The van der Waals surface area contributed by atoms with Crippen molar-refractivity contribution in [2.75, 3.05) is 18.4 Å². The number of halogens is 1. The van der Waals surface area contributed by atoms with Gasteiger partial charge in [-0.15, -0.1) is 12.4 Å². The topological polar surface area (TPSA) is 87.5 Å². The molecule has 0 spiro atoms. The zero-order valence-electron chi connectivity index (χ0n) is 14.7. The molecule has 3 amide bonds.